The molecule has 0 amide bonds. The van der Waals surface area contributed by atoms with E-state index in [0.29, 0.717) is 36.2 Å². The zero-order valence-electron chi connectivity index (χ0n) is 18.1. The molecule has 0 aromatic heterocycles. The summed E-state index contributed by atoms with van der Waals surface area (Å²) in [6, 6.07) is 7.40. The van der Waals surface area contributed by atoms with Crippen LogP contribution in [0.2, 0.25) is 0 Å². The highest BCUT2D eigenvalue weighted by Gasteiger charge is 2.35. The van der Waals surface area contributed by atoms with Crippen LogP contribution >= 0.6 is 0 Å². The molecule has 4 unspecified atom stereocenters. The molecular weight excluding hydrogens is 393 g/mol. The van der Waals surface area contributed by atoms with Crippen LogP contribution in [0.15, 0.2) is 55.6 Å². The molecule has 0 saturated heterocycles. The normalized spacial score (nSPS) is 25.6. The van der Waals surface area contributed by atoms with E-state index in [1.807, 2.05) is 0 Å². The third-order valence-electron chi connectivity index (χ3n) is 7.48. The first-order chi connectivity index (χ1) is 15.0. The molecule has 0 bridgehead atoms. The number of aryl methyl sites for hydroxylation is 1. The second-order valence-corrected chi connectivity index (χ2v) is 9.33. The van der Waals surface area contributed by atoms with Crippen LogP contribution in [0.4, 0.5) is 13.2 Å². The van der Waals surface area contributed by atoms with Gasteiger partial charge < -0.3 is 0 Å². The highest BCUT2D eigenvalue weighted by atomic mass is 19.1. The largest absolute Gasteiger partial charge is 0.207 e. The summed E-state index contributed by atoms with van der Waals surface area (Å²) in [5.41, 5.74) is 1.38. The molecule has 0 radical (unpaired) electrons. The Morgan fingerprint density at radius 3 is 2.23 bits per heavy atom. The molecular formula is C28H31F3. The van der Waals surface area contributed by atoms with Gasteiger partial charge in [0.05, 0.1) is 5.56 Å². The number of allylic oxidation sites excluding steroid dienone is 2. The summed E-state index contributed by atoms with van der Waals surface area (Å²) in [5.74, 6) is 0.516. The third-order valence-corrected chi connectivity index (χ3v) is 7.48. The molecule has 4 atom stereocenters. The van der Waals surface area contributed by atoms with Crippen molar-refractivity contribution in [3.8, 4) is 11.1 Å². The van der Waals surface area contributed by atoms with Crippen molar-refractivity contribution >= 4 is 0 Å². The average Bonchev–Trinajstić information content (AvgIpc) is 2.77. The first kappa shape index (κ1) is 21.9. The lowest BCUT2D eigenvalue weighted by Gasteiger charge is -2.41. The molecule has 0 aliphatic heterocycles. The molecule has 2 aromatic carbocycles. The lowest BCUT2D eigenvalue weighted by molar-refractivity contribution is 0.133. The summed E-state index contributed by atoms with van der Waals surface area (Å²) in [4.78, 5) is 0. The van der Waals surface area contributed by atoms with Crippen molar-refractivity contribution in [1.82, 2.24) is 0 Å². The van der Waals surface area contributed by atoms with Crippen molar-refractivity contribution in [2.45, 2.75) is 57.3 Å². The first-order valence-corrected chi connectivity index (χ1v) is 11.5. The fraction of sp³-hybridized carbons (Fsp3) is 0.429. The van der Waals surface area contributed by atoms with E-state index >= 15 is 8.78 Å². The van der Waals surface area contributed by atoms with Crippen LogP contribution in [-0.4, -0.2) is 0 Å². The minimum Gasteiger partial charge on any atom is -0.207 e. The lowest BCUT2D eigenvalue weighted by Crippen LogP contribution is -2.30. The maximum Gasteiger partial charge on any atom is 0.134 e. The van der Waals surface area contributed by atoms with E-state index in [1.165, 1.54) is 37.5 Å². The number of hydrogen-bond donors (Lipinski definition) is 0. The molecule has 2 aromatic rings. The van der Waals surface area contributed by atoms with Crippen molar-refractivity contribution in [3.63, 3.8) is 0 Å². The summed E-state index contributed by atoms with van der Waals surface area (Å²) in [5, 5.41) is 0. The van der Waals surface area contributed by atoms with E-state index in [4.69, 9.17) is 0 Å². The molecule has 3 heteroatoms. The molecule has 0 nitrogen and oxygen atoms in total. The van der Waals surface area contributed by atoms with E-state index in [0.717, 1.165) is 24.8 Å². The van der Waals surface area contributed by atoms with Crippen LogP contribution in [0.1, 0.15) is 62.0 Å². The Bertz CT molecular complexity index is 938. The van der Waals surface area contributed by atoms with Crippen LogP contribution in [-0.2, 0) is 6.42 Å². The van der Waals surface area contributed by atoms with Crippen LogP contribution in [0.5, 0.6) is 0 Å². The summed E-state index contributed by atoms with van der Waals surface area (Å²) in [6.07, 6.45) is 11.6. The summed E-state index contributed by atoms with van der Waals surface area (Å²) in [6.45, 7) is 7.59. The maximum atomic E-state index is 15.0. The number of benzene rings is 2. The quantitative estimate of drug-likeness (QED) is 0.409. The van der Waals surface area contributed by atoms with Gasteiger partial charge in [-0.15, -0.1) is 13.2 Å². The van der Waals surface area contributed by atoms with Gasteiger partial charge in [0.2, 0.25) is 0 Å². The second kappa shape index (κ2) is 9.46. The Hall–Kier alpha value is -2.29. The zero-order valence-corrected chi connectivity index (χ0v) is 18.1. The monoisotopic (exact) mass is 424 g/mol. The number of fused-ring (bicyclic) bond motifs is 1. The highest BCUT2D eigenvalue weighted by Crippen LogP contribution is 2.48. The van der Waals surface area contributed by atoms with Crippen molar-refractivity contribution < 1.29 is 13.2 Å². The van der Waals surface area contributed by atoms with Crippen molar-refractivity contribution in [2.24, 2.45) is 17.8 Å². The first-order valence-electron chi connectivity index (χ1n) is 11.5. The fourth-order valence-corrected chi connectivity index (χ4v) is 5.71. The fourth-order valence-electron chi connectivity index (χ4n) is 5.71. The Balaban J connectivity index is 1.54. The van der Waals surface area contributed by atoms with Crippen molar-refractivity contribution in [2.75, 3.05) is 0 Å². The van der Waals surface area contributed by atoms with Gasteiger partial charge in [-0.3, -0.25) is 0 Å². The highest BCUT2D eigenvalue weighted by molar-refractivity contribution is 5.66. The minimum atomic E-state index is -0.606. The van der Waals surface area contributed by atoms with Crippen molar-refractivity contribution in [1.29, 1.82) is 0 Å². The molecule has 2 aliphatic carbocycles. The smallest absolute Gasteiger partial charge is 0.134 e. The van der Waals surface area contributed by atoms with E-state index in [9.17, 15) is 4.39 Å². The van der Waals surface area contributed by atoms with Gasteiger partial charge in [-0.05, 0) is 110 Å². The molecule has 2 saturated carbocycles. The summed E-state index contributed by atoms with van der Waals surface area (Å²) < 4.78 is 44.5. The molecule has 31 heavy (non-hydrogen) atoms. The number of halogens is 3. The van der Waals surface area contributed by atoms with Gasteiger partial charge in [0.1, 0.15) is 17.5 Å². The Labute approximate surface area is 183 Å². The Morgan fingerprint density at radius 1 is 0.839 bits per heavy atom. The molecule has 164 valence electrons. The molecule has 0 spiro atoms. The zero-order chi connectivity index (χ0) is 22.0. The van der Waals surface area contributed by atoms with Gasteiger partial charge >= 0.3 is 0 Å². The van der Waals surface area contributed by atoms with Crippen LogP contribution < -0.4 is 0 Å². The van der Waals surface area contributed by atoms with E-state index in [1.54, 1.807) is 18.2 Å². The van der Waals surface area contributed by atoms with Crippen LogP contribution in [0.25, 0.3) is 11.1 Å². The predicted octanol–water partition coefficient (Wildman–Crippen LogP) is 8.38. The van der Waals surface area contributed by atoms with E-state index in [-0.39, 0.29) is 17.0 Å². The van der Waals surface area contributed by atoms with E-state index < -0.39 is 17.5 Å². The molecule has 0 N–H and O–H groups in total. The maximum absolute atomic E-state index is 15.0. The predicted molar refractivity (Wildman–Crippen MR) is 121 cm³/mol. The summed E-state index contributed by atoms with van der Waals surface area (Å²) >= 11 is 0. The second-order valence-electron chi connectivity index (χ2n) is 9.33. The van der Waals surface area contributed by atoms with Crippen LogP contribution in [0, 0.1) is 35.2 Å². The Kier molecular flexibility index (Phi) is 6.69. The SMILES string of the molecule is C=CCCc1ccc(-c2c(F)cc(C3CCC4CC(C=C)CCC4C3)cc2F)cc1F. The van der Waals surface area contributed by atoms with Gasteiger partial charge in [-0.25, -0.2) is 13.2 Å². The molecule has 2 fully saturated rings. The molecule has 0 heterocycles. The topological polar surface area (TPSA) is 0 Å². The third kappa shape index (κ3) is 4.66. The Morgan fingerprint density at radius 2 is 1.55 bits per heavy atom. The van der Waals surface area contributed by atoms with Gasteiger partial charge in [0.25, 0.3) is 0 Å². The minimum absolute atomic E-state index is 0.141. The van der Waals surface area contributed by atoms with E-state index in [2.05, 4.69) is 19.2 Å². The van der Waals surface area contributed by atoms with Crippen LogP contribution in [0.3, 0.4) is 0 Å². The number of hydrogen-bond acceptors (Lipinski definition) is 0. The average molecular weight is 425 g/mol. The standard InChI is InChI=1S/C28H31F3/c1-3-5-6-19-9-12-23(15-25(19)29)28-26(30)16-24(17-27(28)31)22-11-10-20-13-18(4-2)7-8-21(20)14-22/h3-4,9,12,15-18,20-22H,1-2,5-8,10-11,13-14H2. The van der Waals surface area contributed by atoms with Gasteiger partial charge in [-0.2, -0.15) is 0 Å². The van der Waals surface area contributed by atoms with Crippen molar-refractivity contribution in [3.05, 3.63) is 84.2 Å². The molecule has 4 rings (SSSR count). The number of rotatable bonds is 6. The molecule has 2 aliphatic rings. The summed E-state index contributed by atoms with van der Waals surface area (Å²) in [7, 11) is 0. The van der Waals surface area contributed by atoms with Gasteiger partial charge in [0.15, 0.2) is 0 Å². The van der Waals surface area contributed by atoms with Gasteiger partial charge in [-0.1, -0.05) is 24.3 Å². The lowest BCUT2D eigenvalue weighted by atomic mass is 9.64. The van der Waals surface area contributed by atoms with Gasteiger partial charge in [0, 0.05) is 0 Å².